The molecule has 0 aliphatic rings. The second kappa shape index (κ2) is 7.47. The Morgan fingerprint density at radius 2 is 1.71 bits per heavy atom. The molecule has 1 atom stereocenters. The van der Waals surface area contributed by atoms with Crippen LogP contribution >= 0.6 is 11.6 Å². The standard InChI is InChI=1S/C20H19ClN2O/c1-14(16-9-4-5-11-18(16)21)22-13-20(24)23-19-12-6-8-15-7-2-3-10-17(15)19/h2-12,14,22H,13H2,1H3,(H,23,24). The molecular formula is C20H19ClN2O. The van der Waals surface area contributed by atoms with E-state index in [1.54, 1.807) is 0 Å². The maximum absolute atomic E-state index is 12.3. The predicted molar refractivity (Wildman–Crippen MR) is 100 cm³/mol. The maximum atomic E-state index is 12.3. The van der Waals surface area contributed by atoms with E-state index in [0.717, 1.165) is 22.0 Å². The lowest BCUT2D eigenvalue weighted by Gasteiger charge is -2.16. The van der Waals surface area contributed by atoms with E-state index < -0.39 is 0 Å². The number of carbonyl (C=O) groups is 1. The van der Waals surface area contributed by atoms with Gasteiger partial charge in [-0.2, -0.15) is 0 Å². The third kappa shape index (κ3) is 3.75. The van der Waals surface area contributed by atoms with Crippen molar-refractivity contribution in [2.75, 3.05) is 11.9 Å². The molecule has 3 aromatic rings. The average molecular weight is 339 g/mol. The monoisotopic (exact) mass is 338 g/mol. The molecule has 0 aliphatic carbocycles. The highest BCUT2D eigenvalue weighted by Crippen LogP contribution is 2.23. The lowest BCUT2D eigenvalue weighted by molar-refractivity contribution is -0.115. The molecular weight excluding hydrogens is 320 g/mol. The lowest BCUT2D eigenvalue weighted by atomic mass is 10.1. The van der Waals surface area contributed by atoms with Crippen molar-refractivity contribution >= 4 is 34.0 Å². The molecule has 0 saturated heterocycles. The molecule has 1 amide bonds. The molecule has 2 N–H and O–H groups in total. The van der Waals surface area contributed by atoms with Gasteiger partial charge >= 0.3 is 0 Å². The first-order valence-electron chi connectivity index (χ1n) is 7.90. The number of anilines is 1. The van der Waals surface area contributed by atoms with Crippen molar-refractivity contribution in [2.24, 2.45) is 0 Å². The normalized spacial score (nSPS) is 12.1. The quantitative estimate of drug-likeness (QED) is 0.702. The highest BCUT2D eigenvalue weighted by molar-refractivity contribution is 6.31. The number of halogens is 1. The summed E-state index contributed by atoms with van der Waals surface area (Å²) in [5.74, 6) is -0.0785. The number of amides is 1. The average Bonchev–Trinajstić information content (AvgIpc) is 2.60. The minimum Gasteiger partial charge on any atom is -0.324 e. The second-order valence-electron chi connectivity index (χ2n) is 5.70. The molecule has 3 nitrogen and oxygen atoms in total. The van der Waals surface area contributed by atoms with E-state index in [-0.39, 0.29) is 18.5 Å². The molecule has 24 heavy (non-hydrogen) atoms. The van der Waals surface area contributed by atoms with Crippen LogP contribution in [0.2, 0.25) is 5.02 Å². The third-order valence-electron chi connectivity index (χ3n) is 4.00. The Hall–Kier alpha value is -2.36. The lowest BCUT2D eigenvalue weighted by Crippen LogP contribution is -2.30. The Morgan fingerprint density at radius 3 is 2.54 bits per heavy atom. The van der Waals surface area contributed by atoms with Gasteiger partial charge < -0.3 is 10.6 Å². The molecule has 0 aliphatic heterocycles. The van der Waals surface area contributed by atoms with Gasteiger partial charge in [0.25, 0.3) is 0 Å². The van der Waals surface area contributed by atoms with E-state index in [9.17, 15) is 4.79 Å². The van der Waals surface area contributed by atoms with Crippen molar-refractivity contribution in [1.82, 2.24) is 5.32 Å². The summed E-state index contributed by atoms with van der Waals surface area (Å²) in [7, 11) is 0. The summed E-state index contributed by atoms with van der Waals surface area (Å²) in [6, 6.07) is 21.5. The van der Waals surface area contributed by atoms with Crippen LogP contribution < -0.4 is 10.6 Å². The molecule has 3 rings (SSSR count). The number of fused-ring (bicyclic) bond motifs is 1. The Labute approximate surface area is 146 Å². The molecule has 1 unspecified atom stereocenters. The molecule has 0 aromatic heterocycles. The summed E-state index contributed by atoms with van der Waals surface area (Å²) >= 11 is 6.19. The first kappa shape index (κ1) is 16.5. The topological polar surface area (TPSA) is 41.1 Å². The largest absolute Gasteiger partial charge is 0.324 e. The van der Waals surface area contributed by atoms with Crippen molar-refractivity contribution < 1.29 is 4.79 Å². The van der Waals surface area contributed by atoms with Gasteiger partial charge in [0, 0.05) is 22.1 Å². The van der Waals surface area contributed by atoms with Gasteiger partial charge in [-0.25, -0.2) is 0 Å². The SMILES string of the molecule is CC(NCC(=O)Nc1cccc2ccccc12)c1ccccc1Cl. The van der Waals surface area contributed by atoms with Crippen LogP contribution in [-0.2, 0) is 4.79 Å². The first-order chi connectivity index (χ1) is 11.6. The zero-order valence-electron chi connectivity index (χ0n) is 13.4. The van der Waals surface area contributed by atoms with E-state index in [2.05, 4.69) is 10.6 Å². The summed E-state index contributed by atoms with van der Waals surface area (Å²) in [4.78, 5) is 12.3. The molecule has 0 fully saturated rings. The maximum Gasteiger partial charge on any atom is 0.238 e. The zero-order valence-corrected chi connectivity index (χ0v) is 14.2. The zero-order chi connectivity index (χ0) is 16.9. The van der Waals surface area contributed by atoms with Crippen LogP contribution in [0, 0.1) is 0 Å². The van der Waals surface area contributed by atoms with Crippen molar-refractivity contribution in [3.05, 3.63) is 77.3 Å². The molecule has 0 radical (unpaired) electrons. The van der Waals surface area contributed by atoms with Gasteiger partial charge in [-0.3, -0.25) is 4.79 Å². The van der Waals surface area contributed by atoms with Crippen LogP contribution in [0.3, 0.4) is 0 Å². The number of nitrogens with one attached hydrogen (secondary N) is 2. The number of hydrogen-bond acceptors (Lipinski definition) is 2. The van der Waals surface area contributed by atoms with Gasteiger partial charge in [-0.1, -0.05) is 66.2 Å². The fraction of sp³-hybridized carbons (Fsp3) is 0.150. The summed E-state index contributed by atoms with van der Waals surface area (Å²) in [6.45, 7) is 2.21. The Bertz CT molecular complexity index is 858. The van der Waals surface area contributed by atoms with Gasteiger partial charge in [0.1, 0.15) is 0 Å². The smallest absolute Gasteiger partial charge is 0.238 e. The van der Waals surface area contributed by atoms with Crippen LogP contribution in [0.1, 0.15) is 18.5 Å². The molecule has 0 spiro atoms. The number of carbonyl (C=O) groups excluding carboxylic acids is 1. The van der Waals surface area contributed by atoms with Crippen LogP contribution in [0.25, 0.3) is 10.8 Å². The minimum absolute atomic E-state index is 0.00281. The highest BCUT2D eigenvalue weighted by atomic mass is 35.5. The Balaban J connectivity index is 1.64. The van der Waals surface area contributed by atoms with E-state index >= 15 is 0 Å². The predicted octanol–water partition coefficient (Wildman–Crippen LogP) is 4.78. The third-order valence-corrected chi connectivity index (χ3v) is 4.35. The number of benzene rings is 3. The molecule has 0 saturated carbocycles. The van der Waals surface area contributed by atoms with Crippen molar-refractivity contribution in [3.63, 3.8) is 0 Å². The van der Waals surface area contributed by atoms with Gasteiger partial charge in [0.2, 0.25) is 5.91 Å². The number of hydrogen-bond donors (Lipinski definition) is 2. The first-order valence-corrected chi connectivity index (χ1v) is 8.28. The van der Waals surface area contributed by atoms with Crippen LogP contribution in [0.15, 0.2) is 66.7 Å². The molecule has 0 heterocycles. The van der Waals surface area contributed by atoms with Gasteiger partial charge in [0.05, 0.1) is 6.54 Å². The van der Waals surface area contributed by atoms with E-state index in [0.29, 0.717) is 5.02 Å². The van der Waals surface area contributed by atoms with Crippen molar-refractivity contribution in [3.8, 4) is 0 Å². The van der Waals surface area contributed by atoms with Gasteiger partial charge in [0.15, 0.2) is 0 Å². The molecule has 0 bridgehead atoms. The molecule has 3 aromatic carbocycles. The van der Waals surface area contributed by atoms with Crippen molar-refractivity contribution in [1.29, 1.82) is 0 Å². The van der Waals surface area contributed by atoms with Crippen molar-refractivity contribution in [2.45, 2.75) is 13.0 Å². The van der Waals surface area contributed by atoms with E-state index in [1.165, 1.54) is 0 Å². The summed E-state index contributed by atoms with van der Waals surface area (Å²) in [5, 5.41) is 9.02. The fourth-order valence-electron chi connectivity index (χ4n) is 2.71. The van der Waals surface area contributed by atoms with Gasteiger partial charge in [-0.05, 0) is 30.0 Å². The van der Waals surface area contributed by atoms with E-state index in [1.807, 2.05) is 73.7 Å². The fourth-order valence-corrected chi connectivity index (χ4v) is 3.01. The van der Waals surface area contributed by atoms with Crippen LogP contribution in [0.4, 0.5) is 5.69 Å². The van der Waals surface area contributed by atoms with Gasteiger partial charge in [-0.15, -0.1) is 0 Å². The molecule has 4 heteroatoms. The van der Waals surface area contributed by atoms with Crippen LogP contribution in [-0.4, -0.2) is 12.5 Å². The summed E-state index contributed by atoms with van der Waals surface area (Å²) in [6.07, 6.45) is 0. The van der Waals surface area contributed by atoms with Crippen LogP contribution in [0.5, 0.6) is 0 Å². The number of rotatable bonds is 5. The highest BCUT2D eigenvalue weighted by Gasteiger charge is 2.11. The van der Waals surface area contributed by atoms with E-state index in [4.69, 9.17) is 11.6 Å². The Kier molecular flexibility index (Phi) is 5.14. The summed E-state index contributed by atoms with van der Waals surface area (Å²) < 4.78 is 0. The second-order valence-corrected chi connectivity index (χ2v) is 6.11. The summed E-state index contributed by atoms with van der Waals surface area (Å²) in [5.41, 5.74) is 1.81. The Morgan fingerprint density at radius 1 is 1.00 bits per heavy atom. The minimum atomic E-state index is -0.0785. The molecule has 122 valence electrons.